The summed E-state index contributed by atoms with van der Waals surface area (Å²) in [4.78, 5) is 17.6. The fourth-order valence-corrected chi connectivity index (χ4v) is 1.24. The van der Waals surface area contributed by atoms with E-state index in [0.717, 1.165) is 12.1 Å². The van der Waals surface area contributed by atoms with Gasteiger partial charge in [-0.05, 0) is 18.2 Å². The summed E-state index contributed by atoms with van der Waals surface area (Å²) in [5.74, 6) is -0.546. The van der Waals surface area contributed by atoms with Crippen molar-refractivity contribution in [2.45, 2.75) is 0 Å². The molecule has 2 rings (SSSR count). The SMILES string of the molecule is O=[N+]([O-])c1cc(-c2ncccn2)ccc1F. The van der Waals surface area contributed by atoms with E-state index in [4.69, 9.17) is 0 Å². The topological polar surface area (TPSA) is 68.9 Å². The number of hydrogen-bond donors (Lipinski definition) is 0. The zero-order valence-corrected chi connectivity index (χ0v) is 8.00. The Morgan fingerprint density at radius 2 is 1.94 bits per heavy atom. The van der Waals surface area contributed by atoms with Gasteiger partial charge in [0.1, 0.15) is 0 Å². The number of rotatable bonds is 2. The highest BCUT2D eigenvalue weighted by molar-refractivity contribution is 5.59. The molecule has 0 N–H and O–H groups in total. The van der Waals surface area contributed by atoms with Crippen LogP contribution in [0.1, 0.15) is 0 Å². The molecule has 6 heteroatoms. The molecule has 2 aromatic rings. The van der Waals surface area contributed by atoms with Gasteiger partial charge in [0.15, 0.2) is 5.82 Å². The molecular weight excluding hydrogens is 213 g/mol. The van der Waals surface area contributed by atoms with Gasteiger partial charge in [-0.25, -0.2) is 9.97 Å². The molecule has 16 heavy (non-hydrogen) atoms. The number of halogens is 1. The van der Waals surface area contributed by atoms with Crippen molar-refractivity contribution in [2.75, 3.05) is 0 Å². The van der Waals surface area contributed by atoms with Gasteiger partial charge in [-0.15, -0.1) is 0 Å². The van der Waals surface area contributed by atoms with E-state index in [0.29, 0.717) is 11.4 Å². The van der Waals surface area contributed by atoms with Gasteiger partial charge in [0.25, 0.3) is 0 Å². The van der Waals surface area contributed by atoms with Gasteiger partial charge in [-0.2, -0.15) is 4.39 Å². The highest BCUT2D eigenvalue weighted by atomic mass is 19.1. The normalized spacial score (nSPS) is 10.1. The Morgan fingerprint density at radius 1 is 1.25 bits per heavy atom. The fourth-order valence-electron chi connectivity index (χ4n) is 1.24. The summed E-state index contributed by atoms with van der Waals surface area (Å²) in [7, 11) is 0. The van der Waals surface area contributed by atoms with E-state index in [2.05, 4.69) is 9.97 Å². The van der Waals surface area contributed by atoms with Crippen LogP contribution in [0, 0.1) is 15.9 Å². The first-order valence-corrected chi connectivity index (χ1v) is 4.40. The molecule has 0 fully saturated rings. The lowest BCUT2D eigenvalue weighted by Crippen LogP contribution is -1.94. The summed E-state index contributed by atoms with van der Waals surface area (Å²) in [5, 5.41) is 10.5. The van der Waals surface area contributed by atoms with Crippen LogP contribution in [0.5, 0.6) is 0 Å². The van der Waals surface area contributed by atoms with Gasteiger partial charge < -0.3 is 0 Å². The van der Waals surface area contributed by atoms with Crippen molar-refractivity contribution in [1.29, 1.82) is 0 Å². The number of nitrogens with zero attached hydrogens (tertiary/aromatic N) is 3. The Labute approximate surface area is 89.7 Å². The van der Waals surface area contributed by atoms with Gasteiger partial charge in [-0.1, -0.05) is 0 Å². The van der Waals surface area contributed by atoms with Gasteiger partial charge >= 0.3 is 5.69 Å². The third-order valence-electron chi connectivity index (χ3n) is 1.97. The Morgan fingerprint density at radius 3 is 2.56 bits per heavy atom. The molecule has 0 atom stereocenters. The zero-order chi connectivity index (χ0) is 11.5. The molecule has 0 spiro atoms. The highest BCUT2D eigenvalue weighted by Gasteiger charge is 2.15. The van der Waals surface area contributed by atoms with Crippen molar-refractivity contribution in [1.82, 2.24) is 9.97 Å². The zero-order valence-electron chi connectivity index (χ0n) is 8.00. The minimum atomic E-state index is -0.871. The van der Waals surface area contributed by atoms with Crippen molar-refractivity contribution >= 4 is 5.69 Å². The molecule has 0 aliphatic heterocycles. The van der Waals surface area contributed by atoms with Crippen LogP contribution in [-0.2, 0) is 0 Å². The van der Waals surface area contributed by atoms with Crippen LogP contribution in [0.3, 0.4) is 0 Å². The lowest BCUT2D eigenvalue weighted by atomic mass is 10.2. The fraction of sp³-hybridized carbons (Fsp3) is 0. The average molecular weight is 219 g/mol. The van der Waals surface area contributed by atoms with Gasteiger partial charge in [-0.3, -0.25) is 10.1 Å². The number of nitro groups is 1. The first kappa shape index (κ1) is 10.2. The van der Waals surface area contributed by atoms with Crippen LogP contribution in [0.25, 0.3) is 11.4 Å². The minimum absolute atomic E-state index is 0.325. The van der Waals surface area contributed by atoms with Crippen molar-refractivity contribution in [2.24, 2.45) is 0 Å². The number of benzene rings is 1. The van der Waals surface area contributed by atoms with Crippen LogP contribution < -0.4 is 0 Å². The molecule has 0 aliphatic rings. The Hall–Kier alpha value is -2.37. The summed E-state index contributed by atoms with van der Waals surface area (Å²) in [6, 6.07) is 5.17. The van der Waals surface area contributed by atoms with E-state index in [1.807, 2.05) is 0 Å². The Kier molecular flexibility index (Phi) is 2.55. The van der Waals surface area contributed by atoms with E-state index in [9.17, 15) is 14.5 Å². The monoisotopic (exact) mass is 219 g/mol. The molecule has 0 amide bonds. The molecule has 1 aromatic carbocycles. The van der Waals surface area contributed by atoms with E-state index in [-0.39, 0.29) is 0 Å². The molecule has 0 saturated carbocycles. The van der Waals surface area contributed by atoms with Gasteiger partial charge in [0.05, 0.1) is 4.92 Å². The van der Waals surface area contributed by atoms with Crippen molar-refractivity contribution in [3.05, 3.63) is 52.6 Å². The number of aromatic nitrogens is 2. The van der Waals surface area contributed by atoms with Crippen LogP contribution >= 0.6 is 0 Å². The van der Waals surface area contributed by atoms with Crippen LogP contribution in [0.4, 0.5) is 10.1 Å². The molecule has 0 unspecified atom stereocenters. The molecule has 5 nitrogen and oxygen atoms in total. The van der Waals surface area contributed by atoms with Gasteiger partial charge in [0, 0.05) is 24.0 Å². The smallest absolute Gasteiger partial charge is 0.258 e. The summed E-state index contributed by atoms with van der Waals surface area (Å²) < 4.78 is 13.1. The maximum atomic E-state index is 13.1. The maximum absolute atomic E-state index is 13.1. The number of hydrogen-bond acceptors (Lipinski definition) is 4. The van der Waals surface area contributed by atoms with E-state index in [1.165, 1.54) is 18.5 Å². The predicted octanol–water partition coefficient (Wildman–Crippen LogP) is 2.19. The summed E-state index contributed by atoms with van der Waals surface area (Å²) >= 11 is 0. The second kappa shape index (κ2) is 4.01. The first-order chi connectivity index (χ1) is 7.68. The summed E-state index contributed by atoms with van der Waals surface area (Å²) in [5.41, 5.74) is -0.168. The molecule has 0 radical (unpaired) electrons. The summed E-state index contributed by atoms with van der Waals surface area (Å²) in [6.07, 6.45) is 3.02. The molecule has 1 aromatic heterocycles. The molecule has 80 valence electrons. The molecule has 0 saturated heterocycles. The van der Waals surface area contributed by atoms with E-state index in [1.54, 1.807) is 6.07 Å². The minimum Gasteiger partial charge on any atom is -0.258 e. The van der Waals surface area contributed by atoms with Crippen molar-refractivity contribution < 1.29 is 9.31 Å². The second-order valence-electron chi connectivity index (χ2n) is 3.00. The molecule has 1 heterocycles. The van der Waals surface area contributed by atoms with Crippen LogP contribution in [0.2, 0.25) is 0 Å². The molecule has 0 bridgehead atoms. The van der Waals surface area contributed by atoms with Crippen LogP contribution in [-0.4, -0.2) is 14.9 Å². The van der Waals surface area contributed by atoms with Crippen LogP contribution in [0.15, 0.2) is 36.7 Å². The van der Waals surface area contributed by atoms with Crippen molar-refractivity contribution in [3.63, 3.8) is 0 Å². The molecule has 0 aliphatic carbocycles. The predicted molar refractivity (Wildman–Crippen MR) is 54.1 cm³/mol. The highest BCUT2D eigenvalue weighted by Crippen LogP contribution is 2.23. The Balaban J connectivity index is 2.52. The van der Waals surface area contributed by atoms with Gasteiger partial charge in [0.2, 0.25) is 5.82 Å². The lowest BCUT2D eigenvalue weighted by molar-refractivity contribution is -0.387. The third-order valence-corrected chi connectivity index (χ3v) is 1.97. The lowest BCUT2D eigenvalue weighted by Gasteiger charge is -1.99. The Bertz CT molecular complexity index is 531. The second-order valence-corrected chi connectivity index (χ2v) is 3.00. The number of nitro benzene ring substituents is 1. The quantitative estimate of drug-likeness (QED) is 0.573. The standard InChI is InChI=1S/C10H6FN3O2/c11-8-3-2-7(6-9(8)14(15)16)10-12-4-1-5-13-10/h1-6H. The third kappa shape index (κ3) is 1.85. The largest absolute Gasteiger partial charge is 0.305 e. The van der Waals surface area contributed by atoms with E-state index < -0.39 is 16.4 Å². The maximum Gasteiger partial charge on any atom is 0.305 e. The average Bonchev–Trinajstić information content (AvgIpc) is 2.30. The molecular formula is C10H6FN3O2. The summed E-state index contributed by atoms with van der Waals surface area (Å²) in [6.45, 7) is 0. The van der Waals surface area contributed by atoms with E-state index >= 15 is 0 Å². The van der Waals surface area contributed by atoms with Crippen molar-refractivity contribution in [3.8, 4) is 11.4 Å². The first-order valence-electron chi connectivity index (χ1n) is 4.40.